The van der Waals surface area contributed by atoms with E-state index < -0.39 is 15.8 Å². The van der Waals surface area contributed by atoms with Gasteiger partial charge in [0.1, 0.15) is 16.4 Å². The van der Waals surface area contributed by atoms with E-state index in [2.05, 4.69) is 5.10 Å². The van der Waals surface area contributed by atoms with E-state index in [0.29, 0.717) is 13.1 Å². The fourth-order valence-electron chi connectivity index (χ4n) is 2.55. The molecule has 0 aliphatic carbocycles. The Kier molecular flexibility index (Phi) is 5.41. The lowest BCUT2D eigenvalue weighted by molar-refractivity contribution is 0.316. The van der Waals surface area contributed by atoms with Gasteiger partial charge >= 0.3 is 0 Å². The van der Waals surface area contributed by atoms with E-state index in [1.54, 1.807) is 12.1 Å². The summed E-state index contributed by atoms with van der Waals surface area (Å²) in [5, 5.41) is 3.97. The van der Waals surface area contributed by atoms with Crippen molar-refractivity contribution in [2.24, 2.45) is 5.73 Å². The lowest BCUT2D eigenvalue weighted by atomic mass is 10.1. The quantitative estimate of drug-likeness (QED) is 0.900. The molecule has 0 spiro atoms. The minimum atomic E-state index is -3.65. The van der Waals surface area contributed by atoms with Crippen molar-refractivity contribution >= 4 is 22.4 Å². The average molecular weight is 361 g/mol. The molecule has 1 aromatic carbocycles. The monoisotopic (exact) mass is 360 g/mol. The van der Waals surface area contributed by atoms with E-state index in [4.69, 9.17) is 5.73 Å². The van der Waals surface area contributed by atoms with Crippen molar-refractivity contribution in [1.82, 2.24) is 14.1 Å². The van der Waals surface area contributed by atoms with Gasteiger partial charge in [-0.05, 0) is 25.0 Å². The van der Waals surface area contributed by atoms with E-state index in [9.17, 15) is 12.8 Å². The summed E-state index contributed by atoms with van der Waals surface area (Å²) in [5.74, 6) is -0.463. The first-order chi connectivity index (χ1) is 10.5. The van der Waals surface area contributed by atoms with E-state index in [1.165, 1.54) is 33.5 Å². The zero-order valence-electron chi connectivity index (χ0n) is 12.3. The molecule has 2 aromatic rings. The van der Waals surface area contributed by atoms with Gasteiger partial charge in [-0.2, -0.15) is 9.40 Å². The molecule has 1 unspecified atom stereocenters. The molecule has 2 heterocycles. The van der Waals surface area contributed by atoms with Crippen molar-refractivity contribution in [3.8, 4) is 5.69 Å². The molecule has 2 N–H and O–H groups in total. The highest BCUT2D eigenvalue weighted by atomic mass is 35.5. The molecule has 1 aromatic heterocycles. The van der Waals surface area contributed by atoms with Gasteiger partial charge in [-0.25, -0.2) is 17.5 Å². The number of hydrogen-bond acceptors (Lipinski definition) is 4. The molecule has 6 nitrogen and oxygen atoms in total. The summed E-state index contributed by atoms with van der Waals surface area (Å²) in [7, 11) is -3.65. The zero-order valence-corrected chi connectivity index (χ0v) is 13.9. The highest BCUT2D eigenvalue weighted by Crippen LogP contribution is 2.21. The number of piperidine rings is 1. The summed E-state index contributed by atoms with van der Waals surface area (Å²) in [6.07, 6.45) is 4.12. The molecule has 1 aliphatic heterocycles. The van der Waals surface area contributed by atoms with Crippen LogP contribution in [0.15, 0.2) is 41.6 Å². The topological polar surface area (TPSA) is 81.2 Å². The van der Waals surface area contributed by atoms with Gasteiger partial charge in [-0.15, -0.1) is 12.4 Å². The number of hydrogen-bond donors (Lipinski definition) is 1. The van der Waals surface area contributed by atoms with Crippen LogP contribution < -0.4 is 5.73 Å². The van der Waals surface area contributed by atoms with E-state index in [-0.39, 0.29) is 29.0 Å². The summed E-state index contributed by atoms with van der Waals surface area (Å²) in [4.78, 5) is 0.0462. The number of sulfonamides is 1. The van der Waals surface area contributed by atoms with Gasteiger partial charge in [-0.1, -0.05) is 12.1 Å². The van der Waals surface area contributed by atoms with Crippen LogP contribution in [-0.2, 0) is 10.0 Å². The van der Waals surface area contributed by atoms with Gasteiger partial charge in [0.15, 0.2) is 0 Å². The minimum absolute atomic E-state index is 0. The highest BCUT2D eigenvalue weighted by Gasteiger charge is 2.30. The first kappa shape index (κ1) is 17.9. The molecule has 3 rings (SSSR count). The Hall–Kier alpha value is -1.48. The summed E-state index contributed by atoms with van der Waals surface area (Å²) in [5.41, 5.74) is 6.05. The average Bonchev–Trinajstić information content (AvgIpc) is 2.98. The molecule has 0 saturated carbocycles. The third kappa shape index (κ3) is 3.55. The second-order valence-corrected chi connectivity index (χ2v) is 7.28. The zero-order chi connectivity index (χ0) is 15.7. The largest absolute Gasteiger partial charge is 0.327 e. The van der Waals surface area contributed by atoms with Gasteiger partial charge < -0.3 is 5.73 Å². The number of aromatic nitrogens is 2. The maximum absolute atomic E-state index is 13.7. The maximum atomic E-state index is 13.7. The number of rotatable bonds is 3. The lowest BCUT2D eigenvalue weighted by Crippen LogP contribution is -2.45. The SMILES string of the molecule is Cl.NC1CCCN(S(=O)(=O)c2cnn(-c3ccccc3F)c2)C1. The normalized spacial score (nSPS) is 19.3. The number of benzene rings is 1. The first-order valence-electron chi connectivity index (χ1n) is 7.04. The lowest BCUT2D eigenvalue weighted by Gasteiger charge is -2.29. The number of halogens is 2. The van der Waals surface area contributed by atoms with Crippen molar-refractivity contribution < 1.29 is 12.8 Å². The van der Waals surface area contributed by atoms with Gasteiger partial charge in [-0.3, -0.25) is 0 Å². The van der Waals surface area contributed by atoms with Crippen molar-refractivity contribution in [3.05, 3.63) is 42.5 Å². The van der Waals surface area contributed by atoms with Gasteiger partial charge in [0, 0.05) is 19.1 Å². The standard InChI is InChI=1S/C14H17FN4O2S.ClH/c15-13-5-1-2-6-14(13)19-10-12(8-17-19)22(20,21)18-7-3-4-11(16)9-18;/h1-2,5-6,8,10-11H,3-4,7,9,16H2;1H. The maximum Gasteiger partial charge on any atom is 0.246 e. The predicted octanol–water partition coefficient (Wildman–Crippen LogP) is 1.54. The predicted molar refractivity (Wildman–Crippen MR) is 86.7 cm³/mol. The fourth-order valence-corrected chi connectivity index (χ4v) is 4.02. The van der Waals surface area contributed by atoms with Crippen molar-refractivity contribution in [2.45, 2.75) is 23.8 Å². The third-order valence-electron chi connectivity index (χ3n) is 3.72. The van der Waals surface area contributed by atoms with Crippen molar-refractivity contribution in [3.63, 3.8) is 0 Å². The Morgan fingerprint density at radius 1 is 1.30 bits per heavy atom. The molecule has 0 bridgehead atoms. The number of para-hydroxylation sites is 1. The van der Waals surface area contributed by atoms with Crippen LogP contribution in [0.3, 0.4) is 0 Å². The Labute approximate surface area is 140 Å². The molecular weight excluding hydrogens is 343 g/mol. The van der Waals surface area contributed by atoms with E-state index in [1.807, 2.05) is 0 Å². The van der Waals surface area contributed by atoms with Crippen LogP contribution in [0.2, 0.25) is 0 Å². The van der Waals surface area contributed by atoms with Crippen molar-refractivity contribution in [2.75, 3.05) is 13.1 Å². The van der Waals surface area contributed by atoms with Crippen molar-refractivity contribution in [1.29, 1.82) is 0 Å². The Bertz CT molecular complexity index is 781. The highest BCUT2D eigenvalue weighted by molar-refractivity contribution is 7.89. The van der Waals surface area contributed by atoms with Crippen LogP contribution >= 0.6 is 12.4 Å². The molecule has 1 aliphatic rings. The van der Waals surface area contributed by atoms with Crippen LogP contribution in [0.4, 0.5) is 4.39 Å². The second-order valence-electron chi connectivity index (χ2n) is 5.34. The Morgan fingerprint density at radius 3 is 2.74 bits per heavy atom. The minimum Gasteiger partial charge on any atom is -0.327 e. The summed E-state index contributed by atoms with van der Waals surface area (Å²) in [6, 6.07) is 5.92. The molecule has 1 saturated heterocycles. The van der Waals surface area contributed by atoms with Gasteiger partial charge in [0.05, 0.1) is 12.4 Å². The van der Waals surface area contributed by atoms with Crippen LogP contribution in [0.5, 0.6) is 0 Å². The Balaban J connectivity index is 0.00000192. The smallest absolute Gasteiger partial charge is 0.246 e. The molecule has 23 heavy (non-hydrogen) atoms. The summed E-state index contributed by atoms with van der Waals surface area (Å²) < 4.78 is 41.5. The van der Waals surface area contributed by atoms with Crippen LogP contribution in [-0.4, -0.2) is 41.6 Å². The van der Waals surface area contributed by atoms with E-state index in [0.717, 1.165) is 12.8 Å². The number of nitrogens with two attached hydrogens (primary N) is 1. The molecule has 1 fully saturated rings. The second kappa shape index (κ2) is 6.96. The fraction of sp³-hybridized carbons (Fsp3) is 0.357. The Morgan fingerprint density at radius 2 is 2.04 bits per heavy atom. The molecular formula is C14H18ClFN4O2S. The van der Waals surface area contributed by atoms with E-state index >= 15 is 0 Å². The van der Waals surface area contributed by atoms with Crippen LogP contribution in [0.1, 0.15) is 12.8 Å². The molecule has 0 amide bonds. The van der Waals surface area contributed by atoms with Gasteiger partial charge in [0.25, 0.3) is 0 Å². The molecule has 126 valence electrons. The van der Waals surface area contributed by atoms with Gasteiger partial charge in [0.2, 0.25) is 10.0 Å². The van der Waals surface area contributed by atoms with Crippen LogP contribution in [0.25, 0.3) is 5.69 Å². The molecule has 9 heteroatoms. The third-order valence-corrected chi connectivity index (χ3v) is 5.53. The summed E-state index contributed by atoms with van der Waals surface area (Å²) >= 11 is 0. The first-order valence-corrected chi connectivity index (χ1v) is 8.48. The molecule has 0 radical (unpaired) electrons. The molecule has 1 atom stereocenters. The number of nitrogens with zero attached hydrogens (tertiary/aromatic N) is 3. The van der Waals surface area contributed by atoms with Crippen LogP contribution in [0, 0.1) is 5.82 Å². The summed E-state index contributed by atoms with van der Waals surface area (Å²) in [6.45, 7) is 0.744.